The maximum atomic E-state index is 3.79. The Bertz CT molecular complexity index is 577. The molecule has 23 heavy (non-hydrogen) atoms. The zero-order valence-corrected chi connectivity index (χ0v) is 14.2. The first-order valence-electron chi connectivity index (χ1n) is 8.79. The fourth-order valence-electron chi connectivity index (χ4n) is 3.76. The Hall–Kier alpha value is -1.80. The van der Waals surface area contributed by atoms with E-state index in [9.17, 15) is 0 Å². The molecule has 2 nitrogen and oxygen atoms in total. The van der Waals surface area contributed by atoms with Gasteiger partial charge in [0, 0.05) is 37.9 Å². The number of rotatable bonds is 4. The summed E-state index contributed by atoms with van der Waals surface area (Å²) in [5.41, 5.74) is 4.44. The summed E-state index contributed by atoms with van der Waals surface area (Å²) < 4.78 is 0. The van der Waals surface area contributed by atoms with Gasteiger partial charge in [-0.2, -0.15) is 0 Å². The standard InChI is InChI=1S/C21H28N2/c1-3-4-8-19-17-21(12-11-18(19)2)23-15-13-22(14-16-23)20-9-6-5-7-10-20/h3-10,21H,1,11-17H2,2H3/b8-4-. The summed E-state index contributed by atoms with van der Waals surface area (Å²) in [5.74, 6) is 0. The second kappa shape index (κ2) is 7.65. The second-order valence-corrected chi connectivity index (χ2v) is 6.66. The lowest BCUT2D eigenvalue weighted by molar-refractivity contribution is 0.171. The number of allylic oxidation sites excluding steroid dienone is 4. The highest BCUT2D eigenvalue weighted by molar-refractivity contribution is 5.46. The zero-order chi connectivity index (χ0) is 16.1. The van der Waals surface area contributed by atoms with E-state index in [0.717, 1.165) is 13.1 Å². The first-order chi connectivity index (χ1) is 11.3. The fourth-order valence-corrected chi connectivity index (χ4v) is 3.76. The lowest BCUT2D eigenvalue weighted by Gasteiger charge is -2.42. The highest BCUT2D eigenvalue weighted by atomic mass is 15.3. The van der Waals surface area contributed by atoms with E-state index in [-0.39, 0.29) is 0 Å². The third-order valence-corrected chi connectivity index (χ3v) is 5.24. The van der Waals surface area contributed by atoms with Crippen molar-refractivity contribution in [2.75, 3.05) is 31.1 Å². The van der Waals surface area contributed by atoms with Crippen LogP contribution in [0.15, 0.2) is 66.3 Å². The lowest BCUT2D eigenvalue weighted by Crippen LogP contribution is -2.51. The van der Waals surface area contributed by atoms with Gasteiger partial charge in [-0.3, -0.25) is 4.90 Å². The molecule has 0 saturated carbocycles. The normalized spacial score (nSPS) is 23.5. The molecule has 1 unspecified atom stereocenters. The van der Waals surface area contributed by atoms with Crippen molar-refractivity contribution in [1.29, 1.82) is 0 Å². The Morgan fingerprint density at radius 3 is 2.52 bits per heavy atom. The minimum absolute atomic E-state index is 0.709. The van der Waals surface area contributed by atoms with Crippen LogP contribution in [0, 0.1) is 0 Å². The van der Waals surface area contributed by atoms with Crippen molar-refractivity contribution < 1.29 is 0 Å². The molecular formula is C21H28N2. The topological polar surface area (TPSA) is 6.48 Å². The van der Waals surface area contributed by atoms with E-state index in [1.807, 2.05) is 6.08 Å². The molecule has 2 heteroatoms. The third-order valence-electron chi connectivity index (χ3n) is 5.24. The van der Waals surface area contributed by atoms with Gasteiger partial charge in [0.25, 0.3) is 0 Å². The van der Waals surface area contributed by atoms with Crippen LogP contribution < -0.4 is 4.90 Å². The van der Waals surface area contributed by atoms with E-state index in [0.29, 0.717) is 6.04 Å². The van der Waals surface area contributed by atoms with Crippen molar-refractivity contribution in [2.45, 2.75) is 32.2 Å². The van der Waals surface area contributed by atoms with Gasteiger partial charge in [-0.15, -0.1) is 0 Å². The van der Waals surface area contributed by atoms with Crippen molar-refractivity contribution in [3.8, 4) is 0 Å². The van der Waals surface area contributed by atoms with Gasteiger partial charge in [-0.05, 0) is 43.9 Å². The number of hydrogen-bond donors (Lipinski definition) is 0. The van der Waals surface area contributed by atoms with Crippen LogP contribution in [0.1, 0.15) is 26.2 Å². The number of para-hydroxylation sites is 1. The van der Waals surface area contributed by atoms with E-state index in [1.165, 1.54) is 43.6 Å². The van der Waals surface area contributed by atoms with Gasteiger partial charge in [0.15, 0.2) is 0 Å². The van der Waals surface area contributed by atoms with Gasteiger partial charge in [-0.25, -0.2) is 0 Å². The Morgan fingerprint density at radius 2 is 1.83 bits per heavy atom. The van der Waals surface area contributed by atoms with Crippen LogP contribution in [0.5, 0.6) is 0 Å². The first kappa shape index (κ1) is 16.1. The molecule has 0 bridgehead atoms. The van der Waals surface area contributed by atoms with E-state index < -0.39 is 0 Å². The third kappa shape index (κ3) is 3.94. The number of anilines is 1. The van der Waals surface area contributed by atoms with Crippen LogP contribution in [0.4, 0.5) is 5.69 Å². The Morgan fingerprint density at radius 1 is 1.09 bits per heavy atom. The molecular weight excluding hydrogens is 280 g/mol. The largest absolute Gasteiger partial charge is 0.369 e. The van der Waals surface area contributed by atoms with Crippen LogP contribution in [0.3, 0.4) is 0 Å². The highest BCUT2D eigenvalue weighted by Gasteiger charge is 2.26. The number of piperazine rings is 1. The molecule has 3 rings (SSSR count). The maximum Gasteiger partial charge on any atom is 0.0367 e. The molecule has 1 aliphatic heterocycles. The monoisotopic (exact) mass is 308 g/mol. The molecule has 1 aromatic carbocycles. The maximum absolute atomic E-state index is 3.79. The quantitative estimate of drug-likeness (QED) is 0.760. The van der Waals surface area contributed by atoms with Crippen LogP contribution in [-0.4, -0.2) is 37.1 Å². The summed E-state index contributed by atoms with van der Waals surface area (Å²) in [6, 6.07) is 11.5. The number of benzene rings is 1. The Kier molecular flexibility index (Phi) is 5.35. The van der Waals surface area contributed by atoms with Crippen molar-refractivity contribution in [3.63, 3.8) is 0 Å². The number of hydrogen-bond acceptors (Lipinski definition) is 2. The van der Waals surface area contributed by atoms with Gasteiger partial charge >= 0.3 is 0 Å². The molecule has 0 N–H and O–H groups in total. The molecule has 1 fully saturated rings. The van der Waals surface area contributed by atoms with Gasteiger partial charge in [0.05, 0.1) is 0 Å². The van der Waals surface area contributed by atoms with Crippen LogP contribution >= 0.6 is 0 Å². The molecule has 1 aromatic rings. The predicted octanol–water partition coefficient (Wildman–Crippen LogP) is 4.42. The smallest absolute Gasteiger partial charge is 0.0367 e. The second-order valence-electron chi connectivity index (χ2n) is 6.66. The highest BCUT2D eigenvalue weighted by Crippen LogP contribution is 2.30. The molecule has 1 heterocycles. The van der Waals surface area contributed by atoms with Crippen LogP contribution in [0.25, 0.3) is 0 Å². The van der Waals surface area contributed by atoms with Crippen molar-refractivity contribution in [2.24, 2.45) is 0 Å². The molecule has 0 amide bonds. The molecule has 1 aliphatic carbocycles. The summed E-state index contributed by atoms with van der Waals surface area (Å²) >= 11 is 0. The lowest BCUT2D eigenvalue weighted by atomic mass is 9.87. The van der Waals surface area contributed by atoms with Crippen LogP contribution in [-0.2, 0) is 0 Å². The summed E-state index contributed by atoms with van der Waals surface area (Å²) in [6.07, 6.45) is 9.95. The summed E-state index contributed by atoms with van der Waals surface area (Å²) in [4.78, 5) is 5.21. The SMILES string of the molecule is C=C/C=C\C1=C(C)CCC(N2CCN(c3ccccc3)CC2)C1. The minimum Gasteiger partial charge on any atom is -0.369 e. The Labute approximate surface area is 140 Å². The molecule has 0 radical (unpaired) electrons. The first-order valence-corrected chi connectivity index (χ1v) is 8.79. The molecule has 0 spiro atoms. The van der Waals surface area contributed by atoms with Gasteiger partial charge in [-0.1, -0.05) is 48.6 Å². The van der Waals surface area contributed by atoms with E-state index in [4.69, 9.17) is 0 Å². The van der Waals surface area contributed by atoms with Crippen molar-refractivity contribution in [1.82, 2.24) is 4.90 Å². The number of nitrogens with zero attached hydrogens (tertiary/aromatic N) is 2. The predicted molar refractivity (Wildman–Crippen MR) is 99.9 cm³/mol. The molecule has 0 aromatic heterocycles. The summed E-state index contributed by atoms with van der Waals surface area (Å²) in [7, 11) is 0. The summed E-state index contributed by atoms with van der Waals surface area (Å²) in [6.45, 7) is 10.7. The van der Waals surface area contributed by atoms with Crippen molar-refractivity contribution in [3.05, 3.63) is 66.3 Å². The van der Waals surface area contributed by atoms with Gasteiger partial charge in [0.1, 0.15) is 0 Å². The average molecular weight is 308 g/mol. The molecule has 1 atom stereocenters. The minimum atomic E-state index is 0.709. The van der Waals surface area contributed by atoms with Crippen molar-refractivity contribution >= 4 is 5.69 Å². The molecule has 1 saturated heterocycles. The molecule has 122 valence electrons. The Balaban J connectivity index is 1.58. The van der Waals surface area contributed by atoms with E-state index in [1.54, 1.807) is 5.57 Å². The van der Waals surface area contributed by atoms with E-state index >= 15 is 0 Å². The van der Waals surface area contributed by atoms with E-state index in [2.05, 4.69) is 65.8 Å². The average Bonchev–Trinajstić information content (AvgIpc) is 2.62. The molecule has 2 aliphatic rings. The van der Waals surface area contributed by atoms with Gasteiger partial charge in [0.2, 0.25) is 0 Å². The fraction of sp³-hybridized carbons (Fsp3) is 0.429. The summed E-state index contributed by atoms with van der Waals surface area (Å²) in [5, 5.41) is 0. The van der Waals surface area contributed by atoms with Gasteiger partial charge < -0.3 is 4.90 Å². The zero-order valence-electron chi connectivity index (χ0n) is 14.2. The van der Waals surface area contributed by atoms with Crippen LogP contribution in [0.2, 0.25) is 0 Å².